The molecule has 28 heavy (non-hydrogen) atoms. The molecule has 6 heteroatoms. The number of benzene rings is 1. The molecule has 2 atom stereocenters. The Bertz CT molecular complexity index is 1030. The van der Waals surface area contributed by atoms with Crippen molar-refractivity contribution in [2.24, 2.45) is 0 Å². The fourth-order valence-electron chi connectivity index (χ4n) is 4.83. The van der Waals surface area contributed by atoms with Gasteiger partial charge in [-0.25, -0.2) is 0 Å². The number of rotatable bonds is 3. The van der Waals surface area contributed by atoms with Crippen LogP contribution in [-0.4, -0.2) is 27.5 Å². The van der Waals surface area contributed by atoms with Crippen LogP contribution in [0.2, 0.25) is 0 Å². The predicted octanol–water partition coefficient (Wildman–Crippen LogP) is 4.91. The SMILES string of the molecule is Cc1ccc2c(c1)c1c(n2CCc2ccc(C(F)(F)F)nc2)CN2CCC1C2. The van der Waals surface area contributed by atoms with Gasteiger partial charge in [0.2, 0.25) is 0 Å². The number of alkyl halides is 3. The molecule has 0 N–H and O–H groups in total. The molecule has 2 bridgehead atoms. The van der Waals surface area contributed by atoms with Crippen LogP contribution in [0, 0.1) is 6.92 Å². The fraction of sp³-hybridized carbons (Fsp3) is 0.409. The molecule has 4 heterocycles. The van der Waals surface area contributed by atoms with Crippen molar-refractivity contribution in [2.75, 3.05) is 13.1 Å². The zero-order chi connectivity index (χ0) is 19.5. The molecule has 1 aromatic carbocycles. The number of pyridine rings is 1. The first-order valence-corrected chi connectivity index (χ1v) is 9.76. The lowest BCUT2D eigenvalue weighted by atomic mass is 9.93. The van der Waals surface area contributed by atoms with Crippen LogP contribution >= 0.6 is 0 Å². The van der Waals surface area contributed by atoms with Crippen LogP contribution in [0.25, 0.3) is 10.9 Å². The lowest BCUT2D eigenvalue weighted by Crippen LogP contribution is -2.26. The second kappa shape index (κ2) is 6.34. The molecular formula is C22H22F3N3. The highest BCUT2D eigenvalue weighted by Gasteiger charge is 2.35. The Kier molecular flexibility index (Phi) is 4.02. The largest absolute Gasteiger partial charge is 0.433 e. The molecule has 3 nitrogen and oxygen atoms in total. The number of fused-ring (bicyclic) bond motifs is 6. The Morgan fingerprint density at radius 2 is 2.04 bits per heavy atom. The Morgan fingerprint density at radius 3 is 2.79 bits per heavy atom. The molecule has 0 spiro atoms. The van der Waals surface area contributed by atoms with E-state index in [0.717, 1.165) is 37.8 Å². The van der Waals surface area contributed by atoms with Crippen molar-refractivity contribution in [1.82, 2.24) is 14.5 Å². The summed E-state index contributed by atoms with van der Waals surface area (Å²) in [6.07, 6.45) is -1.15. The molecule has 1 fully saturated rings. The van der Waals surface area contributed by atoms with E-state index in [9.17, 15) is 13.2 Å². The molecule has 0 saturated carbocycles. The normalized spacial score (nSPS) is 21.3. The smallest absolute Gasteiger partial charge is 0.343 e. The maximum Gasteiger partial charge on any atom is 0.433 e. The number of halogens is 3. The van der Waals surface area contributed by atoms with Gasteiger partial charge in [-0.05, 0) is 55.6 Å². The minimum atomic E-state index is -4.39. The molecule has 3 aromatic rings. The summed E-state index contributed by atoms with van der Waals surface area (Å²) >= 11 is 0. The summed E-state index contributed by atoms with van der Waals surface area (Å²) in [7, 11) is 0. The molecule has 0 radical (unpaired) electrons. The number of aromatic nitrogens is 2. The number of nitrogens with zero attached hydrogens (tertiary/aromatic N) is 3. The van der Waals surface area contributed by atoms with Crippen LogP contribution in [0.1, 0.15) is 40.4 Å². The molecule has 146 valence electrons. The van der Waals surface area contributed by atoms with Gasteiger partial charge in [-0.2, -0.15) is 13.2 Å². The van der Waals surface area contributed by atoms with E-state index in [1.807, 2.05) is 0 Å². The number of hydrogen-bond donors (Lipinski definition) is 0. The van der Waals surface area contributed by atoms with E-state index in [-0.39, 0.29) is 0 Å². The van der Waals surface area contributed by atoms with E-state index in [2.05, 4.69) is 39.6 Å². The first-order valence-electron chi connectivity index (χ1n) is 9.76. The van der Waals surface area contributed by atoms with Crippen LogP contribution in [0.15, 0.2) is 36.5 Å². The third-order valence-electron chi connectivity index (χ3n) is 6.16. The minimum absolute atomic E-state index is 0.599. The third kappa shape index (κ3) is 2.91. The van der Waals surface area contributed by atoms with Crippen LogP contribution in [-0.2, 0) is 25.7 Å². The van der Waals surface area contributed by atoms with Crippen molar-refractivity contribution < 1.29 is 13.2 Å². The molecule has 2 unspecified atom stereocenters. The molecule has 2 aliphatic heterocycles. The van der Waals surface area contributed by atoms with Gasteiger partial charge in [0, 0.05) is 48.3 Å². The van der Waals surface area contributed by atoms with Gasteiger partial charge < -0.3 is 4.57 Å². The molecule has 5 rings (SSSR count). The maximum absolute atomic E-state index is 12.7. The summed E-state index contributed by atoms with van der Waals surface area (Å²) in [5.41, 5.74) is 5.38. The average Bonchev–Trinajstić information content (AvgIpc) is 3.18. The summed E-state index contributed by atoms with van der Waals surface area (Å²) in [4.78, 5) is 6.11. The standard InChI is InChI=1S/C22H22F3N3/c1-14-2-4-18-17(10-14)21-16-7-8-27(12-16)13-19(21)28(18)9-6-15-3-5-20(26-11-15)22(23,24)25/h2-5,10-11,16H,6-9,12-13H2,1H3. The van der Waals surface area contributed by atoms with Crippen molar-refractivity contribution in [1.29, 1.82) is 0 Å². The summed E-state index contributed by atoms with van der Waals surface area (Å²) in [5.74, 6) is 0.599. The van der Waals surface area contributed by atoms with Gasteiger partial charge in [-0.3, -0.25) is 9.88 Å². The third-order valence-corrected chi connectivity index (χ3v) is 6.16. The monoisotopic (exact) mass is 385 g/mol. The van der Waals surface area contributed by atoms with E-state index in [1.54, 1.807) is 6.07 Å². The van der Waals surface area contributed by atoms with E-state index in [0.29, 0.717) is 12.3 Å². The van der Waals surface area contributed by atoms with Gasteiger partial charge in [0.15, 0.2) is 0 Å². The number of aryl methyl sites for hydroxylation is 3. The van der Waals surface area contributed by atoms with Crippen LogP contribution < -0.4 is 0 Å². The second-order valence-electron chi connectivity index (χ2n) is 8.05. The summed E-state index contributed by atoms with van der Waals surface area (Å²) in [5, 5.41) is 1.35. The van der Waals surface area contributed by atoms with E-state index < -0.39 is 11.9 Å². The van der Waals surface area contributed by atoms with Gasteiger partial charge in [0.05, 0.1) is 0 Å². The lowest BCUT2D eigenvalue weighted by Gasteiger charge is -2.25. The summed E-state index contributed by atoms with van der Waals surface area (Å²) in [6, 6.07) is 9.25. The first-order chi connectivity index (χ1) is 13.4. The van der Waals surface area contributed by atoms with E-state index >= 15 is 0 Å². The van der Waals surface area contributed by atoms with E-state index in [1.165, 1.54) is 40.3 Å². The van der Waals surface area contributed by atoms with Crippen LogP contribution in [0.4, 0.5) is 13.2 Å². The van der Waals surface area contributed by atoms with Gasteiger partial charge in [0.25, 0.3) is 0 Å². The Morgan fingerprint density at radius 1 is 1.18 bits per heavy atom. The lowest BCUT2D eigenvalue weighted by molar-refractivity contribution is -0.141. The zero-order valence-corrected chi connectivity index (χ0v) is 15.8. The molecular weight excluding hydrogens is 363 g/mol. The van der Waals surface area contributed by atoms with Gasteiger partial charge in [0.1, 0.15) is 5.69 Å². The Balaban J connectivity index is 1.49. The van der Waals surface area contributed by atoms with Gasteiger partial charge >= 0.3 is 6.18 Å². The highest BCUT2D eigenvalue weighted by Crippen LogP contribution is 2.42. The first kappa shape index (κ1) is 17.7. The van der Waals surface area contributed by atoms with Crippen LogP contribution in [0.5, 0.6) is 0 Å². The summed E-state index contributed by atoms with van der Waals surface area (Å²) < 4.78 is 40.6. The fourth-order valence-corrected chi connectivity index (χ4v) is 4.83. The molecule has 1 saturated heterocycles. The average molecular weight is 385 g/mol. The van der Waals surface area contributed by atoms with Gasteiger partial charge in [-0.15, -0.1) is 0 Å². The summed E-state index contributed by atoms with van der Waals surface area (Å²) in [6.45, 7) is 6.13. The second-order valence-corrected chi connectivity index (χ2v) is 8.05. The van der Waals surface area contributed by atoms with Crippen molar-refractivity contribution in [3.05, 3.63) is 64.6 Å². The van der Waals surface area contributed by atoms with E-state index in [4.69, 9.17) is 0 Å². The zero-order valence-electron chi connectivity index (χ0n) is 15.8. The van der Waals surface area contributed by atoms with Crippen molar-refractivity contribution in [3.63, 3.8) is 0 Å². The molecule has 0 aliphatic carbocycles. The molecule has 2 aromatic heterocycles. The Labute approximate surface area is 161 Å². The van der Waals surface area contributed by atoms with Gasteiger partial charge in [-0.1, -0.05) is 17.7 Å². The Hall–Kier alpha value is -2.34. The van der Waals surface area contributed by atoms with Crippen molar-refractivity contribution in [2.45, 2.75) is 44.9 Å². The van der Waals surface area contributed by atoms with Crippen molar-refractivity contribution in [3.8, 4) is 0 Å². The topological polar surface area (TPSA) is 21.1 Å². The number of hydrogen-bond acceptors (Lipinski definition) is 2. The maximum atomic E-state index is 12.7. The molecule has 0 amide bonds. The minimum Gasteiger partial charge on any atom is -0.343 e. The highest BCUT2D eigenvalue weighted by atomic mass is 19.4. The molecule has 2 aliphatic rings. The van der Waals surface area contributed by atoms with Crippen molar-refractivity contribution >= 4 is 10.9 Å². The van der Waals surface area contributed by atoms with Crippen LogP contribution in [0.3, 0.4) is 0 Å². The predicted molar refractivity (Wildman–Crippen MR) is 102 cm³/mol. The highest BCUT2D eigenvalue weighted by molar-refractivity contribution is 5.87. The quantitative estimate of drug-likeness (QED) is 0.639.